The van der Waals surface area contributed by atoms with E-state index in [-0.39, 0.29) is 11.9 Å². The van der Waals surface area contributed by atoms with Crippen molar-refractivity contribution in [1.82, 2.24) is 4.90 Å². The number of nitrogens with zero attached hydrogens (tertiary/aromatic N) is 2. The number of carbonyl (C=O) groups is 1. The van der Waals surface area contributed by atoms with Crippen LogP contribution in [-0.4, -0.2) is 36.6 Å². The van der Waals surface area contributed by atoms with E-state index in [0.717, 1.165) is 12.8 Å². The molecule has 4 nitrogen and oxygen atoms in total. The molecule has 1 saturated carbocycles. The van der Waals surface area contributed by atoms with Crippen LogP contribution in [0.3, 0.4) is 0 Å². The van der Waals surface area contributed by atoms with Gasteiger partial charge in [-0.1, -0.05) is 0 Å². The molecular formula is C11H18N2O2. The predicted octanol–water partition coefficient (Wildman–Crippen LogP) is 1.17. The lowest BCUT2D eigenvalue weighted by molar-refractivity contribution is -0.144. The normalized spacial score (nSPS) is 17.2. The molecule has 1 unspecified atom stereocenters. The van der Waals surface area contributed by atoms with Crippen LogP contribution in [0.25, 0.3) is 0 Å². The van der Waals surface area contributed by atoms with Gasteiger partial charge in [0.25, 0.3) is 0 Å². The number of esters is 1. The Balaban J connectivity index is 2.37. The van der Waals surface area contributed by atoms with Gasteiger partial charge >= 0.3 is 5.97 Å². The Bertz CT molecular complexity index is 256. The van der Waals surface area contributed by atoms with Crippen LogP contribution in [0.15, 0.2) is 0 Å². The van der Waals surface area contributed by atoms with Crippen LogP contribution in [0.5, 0.6) is 0 Å². The molecule has 15 heavy (non-hydrogen) atoms. The van der Waals surface area contributed by atoms with E-state index in [2.05, 4.69) is 11.0 Å². The summed E-state index contributed by atoms with van der Waals surface area (Å²) in [7, 11) is 0. The fourth-order valence-corrected chi connectivity index (χ4v) is 1.55. The predicted molar refractivity (Wildman–Crippen MR) is 56.0 cm³/mol. The molecule has 4 heteroatoms. The van der Waals surface area contributed by atoms with E-state index >= 15 is 0 Å². The van der Waals surface area contributed by atoms with Gasteiger partial charge in [-0.2, -0.15) is 5.26 Å². The first-order chi connectivity index (χ1) is 7.17. The Hall–Kier alpha value is -1.08. The van der Waals surface area contributed by atoms with Crippen LogP contribution in [0, 0.1) is 17.2 Å². The third-order valence-corrected chi connectivity index (χ3v) is 2.43. The van der Waals surface area contributed by atoms with Gasteiger partial charge in [-0.15, -0.1) is 0 Å². The zero-order valence-corrected chi connectivity index (χ0v) is 9.40. The minimum atomic E-state index is -0.186. The van der Waals surface area contributed by atoms with Crippen molar-refractivity contribution in [2.75, 3.05) is 19.7 Å². The summed E-state index contributed by atoms with van der Waals surface area (Å²) in [6.07, 6.45) is 2.27. The number of carbonyl (C=O) groups excluding carboxylic acids is 1. The van der Waals surface area contributed by atoms with Gasteiger partial charge in [0.05, 0.1) is 25.1 Å². The molecule has 0 spiro atoms. The minimum Gasteiger partial charge on any atom is -0.465 e. The van der Waals surface area contributed by atoms with Crippen molar-refractivity contribution in [3.05, 3.63) is 0 Å². The first kappa shape index (κ1) is 12.0. The third kappa shape index (κ3) is 4.30. The maximum absolute atomic E-state index is 11.3. The maximum Gasteiger partial charge on any atom is 0.320 e. The summed E-state index contributed by atoms with van der Waals surface area (Å²) in [5.41, 5.74) is 0. The lowest BCUT2D eigenvalue weighted by atomic mass is 10.2. The van der Waals surface area contributed by atoms with Gasteiger partial charge in [-0.3, -0.25) is 9.69 Å². The van der Waals surface area contributed by atoms with Gasteiger partial charge in [0.15, 0.2) is 0 Å². The molecule has 0 N–H and O–H groups in total. The molecule has 0 aliphatic heterocycles. The van der Waals surface area contributed by atoms with E-state index in [1.165, 1.54) is 0 Å². The van der Waals surface area contributed by atoms with Gasteiger partial charge in [0.2, 0.25) is 0 Å². The molecule has 0 aromatic heterocycles. The Morgan fingerprint density at radius 1 is 1.67 bits per heavy atom. The molecule has 1 atom stereocenters. The van der Waals surface area contributed by atoms with Crippen molar-refractivity contribution < 1.29 is 9.53 Å². The first-order valence-corrected chi connectivity index (χ1v) is 5.46. The molecule has 0 heterocycles. The fraction of sp³-hybridized carbons (Fsp3) is 0.818. The van der Waals surface area contributed by atoms with Crippen LogP contribution in [-0.2, 0) is 9.53 Å². The van der Waals surface area contributed by atoms with Crippen molar-refractivity contribution in [1.29, 1.82) is 5.26 Å². The minimum absolute atomic E-state index is 0.0278. The molecule has 0 aromatic carbocycles. The van der Waals surface area contributed by atoms with Crippen LogP contribution in [0.4, 0.5) is 0 Å². The van der Waals surface area contributed by atoms with Crippen LogP contribution in [0.1, 0.15) is 26.7 Å². The molecule has 0 bridgehead atoms. The van der Waals surface area contributed by atoms with Crippen LogP contribution in [0.2, 0.25) is 0 Å². The molecule has 1 aliphatic carbocycles. The van der Waals surface area contributed by atoms with E-state index in [0.29, 0.717) is 25.7 Å². The zero-order chi connectivity index (χ0) is 11.3. The standard InChI is InChI=1S/C11H18N2O2/c1-3-15-11(14)8-13(10-4-5-10)7-9(2)6-12/h9-10H,3-5,7-8H2,1-2H3. The van der Waals surface area contributed by atoms with Crippen molar-refractivity contribution in [2.24, 2.45) is 5.92 Å². The number of nitriles is 1. The highest BCUT2D eigenvalue weighted by Gasteiger charge is 2.31. The monoisotopic (exact) mass is 210 g/mol. The maximum atomic E-state index is 11.3. The lowest BCUT2D eigenvalue weighted by Crippen LogP contribution is -2.36. The highest BCUT2D eigenvalue weighted by atomic mass is 16.5. The van der Waals surface area contributed by atoms with Crippen LogP contribution >= 0.6 is 0 Å². The summed E-state index contributed by atoms with van der Waals surface area (Å²) in [6.45, 7) is 5.09. The summed E-state index contributed by atoms with van der Waals surface area (Å²) in [6, 6.07) is 2.68. The molecular weight excluding hydrogens is 192 g/mol. The van der Waals surface area contributed by atoms with E-state index in [4.69, 9.17) is 10.00 Å². The van der Waals surface area contributed by atoms with Crippen molar-refractivity contribution in [3.8, 4) is 6.07 Å². The van der Waals surface area contributed by atoms with Gasteiger partial charge in [-0.25, -0.2) is 0 Å². The van der Waals surface area contributed by atoms with Crippen molar-refractivity contribution in [3.63, 3.8) is 0 Å². The third-order valence-electron chi connectivity index (χ3n) is 2.43. The topological polar surface area (TPSA) is 53.3 Å². The lowest BCUT2D eigenvalue weighted by Gasteiger charge is -2.21. The molecule has 0 radical (unpaired) electrons. The summed E-state index contributed by atoms with van der Waals surface area (Å²) in [4.78, 5) is 13.4. The van der Waals surface area contributed by atoms with Crippen molar-refractivity contribution >= 4 is 5.97 Å². The zero-order valence-electron chi connectivity index (χ0n) is 9.40. The second kappa shape index (κ2) is 5.72. The molecule has 0 amide bonds. The number of hydrogen-bond acceptors (Lipinski definition) is 4. The number of hydrogen-bond donors (Lipinski definition) is 0. The quantitative estimate of drug-likeness (QED) is 0.618. The van der Waals surface area contributed by atoms with Gasteiger partial charge < -0.3 is 4.74 Å². The van der Waals surface area contributed by atoms with Gasteiger partial charge in [-0.05, 0) is 26.7 Å². The summed E-state index contributed by atoms with van der Waals surface area (Å²) < 4.78 is 4.90. The second-order valence-electron chi connectivity index (χ2n) is 4.00. The Kier molecular flexibility index (Phi) is 4.57. The molecule has 0 saturated heterocycles. The molecule has 1 rings (SSSR count). The second-order valence-corrected chi connectivity index (χ2v) is 4.00. The number of ether oxygens (including phenoxy) is 1. The average molecular weight is 210 g/mol. The fourth-order valence-electron chi connectivity index (χ4n) is 1.55. The summed E-state index contributed by atoms with van der Waals surface area (Å²) >= 11 is 0. The first-order valence-electron chi connectivity index (χ1n) is 5.46. The Labute approximate surface area is 90.8 Å². The number of rotatable bonds is 6. The summed E-state index contributed by atoms with van der Waals surface area (Å²) in [5, 5.41) is 8.73. The summed E-state index contributed by atoms with van der Waals surface area (Å²) in [5.74, 6) is -0.213. The molecule has 1 fully saturated rings. The smallest absolute Gasteiger partial charge is 0.320 e. The Morgan fingerprint density at radius 3 is 2.80 bits per heavy atom. The van der Waals surface area contributed by atoms with E-state index in [1.54, 1.807) is 6.92 Å². The molecule has 1 aliphatic rings. The van der Waals surface area contributed by atoms with Gasteiger partial charge in [0.1, 0.15) is 0 Å². The van der Waals surface area contributed by atoms with E-state index in [1.807, 2.05) is 6.92 Å². The molecule has 0 aromatic rings. The average Bonchev–Trinajstić information content (AvgIpc) is 3.00. The van der Waals surface area contributed by atoms with E-state index < -0.39 is 0 Å². The Morgan fingerprint density at radius 2 is 2.33 bits per heavy atom. The van der Waals surface area contributed by atoms with Crippen molar-refractivity contribution in [2.45, 2.75) is 32.7 Å². The van der Waals surface area contributed by atoms with E-state index in [9.17, 15) is 4.79 Å². The van der Waals surface area contributed by atoms with Gasteiger partial charge in [0, 0.05) is 12.6 Å². The largest absolute Gasteiger partial charge is 0.465 e. The van der Waals surface area contributed by atoms with Crippen LogP contribution < -0.4 is 0 Å². The highest BCUT2D eigenvalue weighted by molar-refractivity contribution is 5.71. The SMILES string of the molecule is CCOC(=O)CN(CC(C)C#N)C1CC1. The highest BCUT2D eigenvalue weighted by Crippen LogP contribution is 2.27. The molecule has 84 valence electrons.